The number of aromatic nitrogens is 1. The van der Waals surface area contributed by atoms with E-state index in [1.54, 1.807) is 30.3 Å². The van der Waals surface area contributed by atoms with Gasteiger partial charge in [0.15, 0.2) is 17.8 Å². The predicted octanol–water partition coefficient (Wildman–Crippen LogP) is 3.83. The maximum absolute atomic E-state index is 13.8. The van der Waals surface area contributed by atoms with Crippen LogP contribution in [0.1, 0.15) is 19.2 Å². The lowest BCUT2D eigenvalue weighted by Gasteiger charge is -2.13. The van der Waals surface area contributed by atoms with Crippen LogP contribution in [0.4, 0.5) is 19.3 Å². The highest BCUT2D eigenvalue weighted by molar-refractivity contribution is 6.02. The fourth-order valence-corrected chi connectivity index (χ4v) is 2.66. The highest BCUT2D eigenvalue weighted by atomic mass is 19.1. The summed E-state index contributed by atoms with van der Waals surface area (Å²) in [6.45, 7) is 1.32. The Morgan fingerprint density at radius 3 is 2.59 bits per heavy atom. The number of esters is 1. The molecule has 1 atom stereocenters. The van der Waals surface area contributed by atoms with Gasteiger partial charge in [0.05, 0.1) is 18.2 Å². The molecule has 8 nitrogen and oxygen atoms in total. The number of amides is 3. The van der Waals surface area contributed by atoms with Crippen molar-refractivity contribution in [2.45, 2.75) is 25.9 Å². The summed E-state index contributed by atoms with van der Waals surface area (Å²) >= 11 is 0. The minimum absolute atomic E-state index is 0.0322. The van der Waals surface area contributed by atoms with Crippen LogP contribution in [0, 0.1) is 11.6 Å². The predicted molar refractivity (Wildman–Crippen MR) is 109 cm³/mol. The number of para-hydroxylation sites is 1. The quantitative estimate of drug-likeness (QED) is 0.537. The standard InChI is InChI=1S/C22H19F2N3O5/c1-13(21(29)27-22(30)26-15-5-3-2-4-6-15)31-20(28)10-9-19-25-12-18(32-19)16-8-7-14(23)11-17(16)24/h2-8,11-13H,9-10H2,1H3,(H2,26,27,29,30). The summed E-state index contributed by atoms with van der Waals surface area (Å²) in [5.41, 5.74) is 0.528. The SMILES string of the molecule is CC(OC(=O)CCc1ncc(-c2ccc(F)cc2F)o1)C(=O)NC(=O)Nc1ccccc1. The number of nitrogens with one attached hydrogen (secondary N) is 2. The van der Waals surface area contributed by atoms with Gasteiger partial charge in [0.1, 0.15) is 11.6 Å². The molecule has 3 rings (SSSR count). The van der Waals surface area contributed by atoms with Gasteiger partial charge in [0, 0.05) is 18.2 Å². The number of carbonyl (C=O) groups excluding carboxylic acids is 3. The van der Waals surface area contributed by atoms with E-state index in [1.165, 1.54) is 19.2 Å². The van der Waals surface area contributed by atoms with E-state index in [0.717, 1.165) is 12.1 Å². The van der Waals surface area contributed by atoms with E-state index in [0.29, 0.717) is 5.69 Å². The van der Waals surface area contributed by atoms with Crippen molar-refractivity contribution in [3.05, 3.63) is 72.3 Å². The van der Waals surface area contributed by atoms with Gasteiger partial charge in [-0.2, -0.15) is 0 Å². The Hall–Kier alpha value is -4.08. The third kappa shape index (κ3) is 6.21. The topological polar surface area (TPSA) is 111 Å². The van der Waals surface area contributed by atoms with E-state index >= 15 is 0 Å². The Labute approximate surface area is 181 Å². The van der Waals surface area contributed by atoms with Gasteiger partial charge >= 0.3 is 12.0 Å². The zero-order valence-electron chi connectivity index (χ0n) is 16.9. The van der Waals surface area contributed by atoms with Crippen molar-refractivity contribution < 1.29 is 32.3 Å². The first-order valence-electron chi connectivity index (χ1n) is 9.58. The average molecular weight is 443 g/mol. The molecule has 0 saturated carbocycles. The van der Waals surface area contributed by atoms with Crippen LogP contribution in [0.15, 0.2) is 59.1 Å². The molecule has 0 spiro atoms. The second-order valence-electron chi connectivity index (χ2n) is 6.68. The second-order valence-corrected chi connectivity index (χ2v) is 6.68. The smallest absolute Gasteiger partial charge is 0.325 e. The van der Waals surface area contributed by atoms with E-state index < -0.39 is 35.6 Å². The number of rotatable bonds is 7. The van der Waals surface area contributed by atoms with E-state index in [1.807, 2.05) is 0 Å². The summed E-state index contributed by atoms with van der Waals surface area (Å²) < 4.78 is 37.2. The molecule has 0 saturated heterocycles. The van der Waals surface area contributed by atoms with Crippen molar-refractivity contribution in [1.29, 1.82) is 0 Å². The Kier molecular flexibility index (Phi) is 7.27. The monoisotopic (exact) mass is 443 g/mol. The lowest BCUT2D eigenvalue weighted by Crippen LogP contribution is -2.41. The number of hydrogen-bond donors (Lipinski definition) is 2. The third-order valence-corrected chi connectivity index (χ3v) is 4.24. The van der Waals surface area contributed by atoms with Gasteiger partial charge in [0.25, 0.3) is 5.91 Å². The largest absolute Gasteiger partial charge is 0.453 e. The first-order chi connectivity index (χ1) is 15.3. The summed E-state index contributed by atoms with van der Waals surface area (Å²) in [6.07, 6.45) is -0.0831. The van der Waals surface area contributed by atoms with Crippen LogP contribution < -0.4 is 10.6 Å². The number of aryl methyl sites for hydroxylation is 1. The molecule has 3 amide bonds. The maximum atomic E-state index is 13.8. The molecule has 1 unspecified atom stereocenters. The molecule has 1 aromatic heterocycles. The molecule has 0 aliphatic heterocycles. The number of carbonyl (C=O) groups is 3. The number of urea groups is 1. The highest BCUT2D eigenvalue weighted by Gasteiger charge is 2.20. The molecule has 2 N–H and O–H groups in total. The van der Waals surface area contributed by atoms with Crippen molar-refractivity contribution in [3.8, 4) is 11.3 Å². The Morgan fingerprint density at radius 1 is 1.12 bits per heavy atom. The summed E-state index contributed by atoms with van der Waals surface area (Å²) in [5.74, 6) is -2.81. The summed E-state index contributed by atoms with van der Waals surface area (Å²) in [6, 6.07) is 10.8. The molecule has 0 bridgehead atoms. The first-order valence-corrected chi connectivity index (χ1v) is 9.58. The molecule has 2 aromatic carbocycles. The van der Waals surface area contributed by atoms with Gasteiger partial charge < -0.3 is 14.5 Å². The van der Waals surface area contributed by atoms with Crippen LogP contribution in [-0.2, 0) is 20.7 Å². The summed E-state index contributed by atoms with van der Waals surface area (Å²) in [7, 11) is 0. The van der Waals surface area contributed by atoms with Crippen LogP contribution in [0.3, 0.4) is 0 Å². The van der Waals surface area contributed by atoms with Crippen molar-refractivity contribution in [2.24, 2.45) is 0 Å². The molecular formula is C22H19F2N3O5. The lowest BCUT2D eigenvalue weighted by molar-refractivity contribution is -0.154. The molecular weight excluding hydrogens is 424 g/mol. The molecule has 10 heteroatoms. The van der Waals surface area contributed by atoms with Crippen molar-refractivity contribution in [3.63, 3.8) is 0 Å². The molecule has 1 heterocycles. The van der Waals surface area contributed by atoms with Crippen LogP contribution in [0.5, 0.6) is 0 Å². The van der Waals surface area contributed by atoms with E-state index in [-0.39, 0.29) is 30.1 Å². The number of ether oxygens (including phenoxy) is 1. The maximum Gasteiger partial charge on any atom is 0.325 e. The Bertz CT molecular complexity index is 1120. The summed E-state index contributed by atoms with van der Waals surface area (Å²) in [4.78, 5) is 39.8. The molecule has 0 fully saturated rings. The molecule has 166 valence electrons. The van der Waals surface area contributed by atoms with Crippen molar-refractivity contribution >= 4 is 23.6 Å². The number of hydrogen-bond acceptors (Lipinski definition) is 6. The molecule has 0 radical (unpaired) electrons. The summed E-state index contributed by atoms with van der Waals surface area (Å²) in [5, 5.41) is 4.55. The van der Waals surface area contributed by atoms with Crippen LogP contribution >= 0.6 is 0 Å². The lowest BCUT2D eigenvalue weighted by atomic mass is 10.2. The fraction of sp³-hybridized carbons (Fsp3) is 0.182. The minimum atomic E-state index is -1.21. The number of imide groups is 1. The number of halogens is 2. The Morgan fingerprint density at radius 2 is 1.88 bits per heavy atom. The number of oxazole rings is 1. The molecule has 32 heavy (non-hydrogen) atoms. The van der Waals surface area contributed by atoms with E-state index in [9.17, 15) is 23.2 Å². The van der Waals surface area contributed by atoms with Crippen molar-refractivity contribution in [1.82, 2.24) is 10.3 Å². The first kappa shape index (κ1) is 22.6. The highest BCUT2D eigenvalue weighted by Crippen LogP contribution is 2.24. The van der Waals surface area contributed by atoms with Gasteiger partial charge in [-0.3, -0.25) is 14.9 Å². The van der Waals surface area contributed by atoms with Gasteiger partial charge in [-0.15, -0.1) is 0 Å². The average Bonchev–Trinajstić information content (AvgIpc) is 3.21. The second kappa shape index (κ2) is 10.3. The fourth-order valence-electron chi connectivity index (χ4n) is 2.66. The minimum Gasteiger partial charge on any atom is -0.453 e. The number of nitrogens with zero attached hydrogens (tertiary/aromatic N) is 1. The van der Waals surface area contributed by atoms with Gasteiger partial charge in [-0.05, 0) is 31.2 Å². The van der Waals surface area contributed by atoms with E-state index in [2.05, 4.69) is 15.6 Å². The molecule has 0 aliphatic carbocycles. The third-order valence-electron chi connectivity index (χ3n) is 4.24. The van der Waals surface area contributed by atoms with Gasteiger partial charge in [0.2, 0.25) is 0 Å². The van der Waals surface area contributed by atoms with Crippen LogP contribution in [0.25, 0.3) is 11.3 Å². The number of benzene rings is 2. The van der Waals surface area contributed by atoms with Crippen molar-refractivity contribution in [2.75, 3.05) is 5.32 Å². The normalized spacial score (nSPS) is 11.5. The van der Waals surface area contributed by atoms with Crippen LogP contribution in [0.2, 0.25) is 0 Å². The zero-order chi connectivity index (χ0) is 23.1. The zero-order valence-corrected chi connectivity index (χ0v) is 16.9. The van der Waals surface area contributed by atoms with Crippen LogP contribution in [-0.4, -0.2) is 29.0 Å². The molecule has 3 aromatic rings. The van der Waals surface area contributed by atoms with E-state index in [4.69, 9.17) is 9.15 Å². The van der Waals surface area contributed by atoms with Gasteiger partial charge in [-0.1, -0.05) is 18.2 Å². The number of anilines is 1. The Balaban J connectivity index is 1.45. The molecule has 0 aliphatic rings. The van der Waals surface area contributed by atoms with Gasteiger partial charge in [-0.25, -0.2) is 18.6 Å².